The molecule has 2 aliphatic rings. The van der Waals surface area contributed by atoms with Gasteiger partial charge in [-0.2, -0.15) is 0 Å². The van der Waals surface area contributed by atoms with E-state index in [-0.39, 0.29) is 0 Å². The van der Waals surface area contributed by atoms with E-state index in [1.54, 1.807) is 0 Å². The maximum absolute atomic E-state index is 5.74. The van der Waals surface area contributed by atoms with Crippen LogP contribution in [0.3, 0.4) is 0 Å². The van der Waals surface area contributed by atoms with Crippen LogP contribution >= 0.6 is 12.2 Å². The molecule has 0 aromatic rings. The van der Waals surface area contributed by atoms with Crippen molar-refractivity contribution in [3.8, 4) is 0 Å². The summed E-state index contributed by atoms with van der Waals surface area (Å²) in [6, 6.07) is 1.43. The van der Waals surface area contributed by atoms with E-state index >= 15 is 0 Å². The maximum atomic E-state index is 5.74. The molecule has 1 heterocycles. The van der Waals surface area contributed by atoms with Gasteiger partial charge < -0.3 is 5.73 Å². The lowest BCUT2D eigenvalue weighted by atomic mass is 9.94. The first-order valence-electron chi connectivity index (χ1n) is 7.26. The van der Waals surface area contributed by atoms with Crippen LogP contribution in [-0.4, -0.2) is 28.5 Å². The smallest absolute Gasteiger partial charge is 0.0743 e. The van der Waals surface area contributed by atoms with Gasteiger partial charge in [-0.3, -0.25) is 4.90 Å². The molecule has 0 radical (unpaired) electrons. The van der Waals surface area contributed by atoms with Gasteiger partial charge in [0.25, 0.3) is 0 Å². The second-order valence-electron chi connectivity index (χ2n) is 5.72. The van der Waals surface area contributed by atoms with Gasteiger partial charge in [-0.15, -0.1) is 0 Å². The van der Waals surface area contributed by atoms with Gasteiger partial charge in [0.2, 0.25) is 0 Å². The van der Waals surface area contributed by atoms with Gasteiger partial charge in [0.1, 0.15) is 0 Å². The molecule has 1 saturated carbocycles. The molecule has 3 heteroatoms. The molecule has 0 bridgehead atoms. The van der Waals surface area contributed by atoms with Crippen molar-refractivity contribution < 1.29 is 0 Å². The lowest BCUT2D eigenvalue weighted by Crippen LogP contribution is -2.43. The normalized spacial score (nSPS) is 28.6. The van der Waals surface area contributed by atoms with Gasteiger partial charge in [-0.1, -0.05) is 32.0 Å². The average Bonchev–Trinajstić information content (AvgIpc) is 2.94. The van der Waals surface area contributed by atoms with Crippen LogP contribution in [-0.2, 0) is 0 Å². The van der Waals surface area contributed by atoms with Crippen LogP contribution in [0, 0.1) is 5.92 Å². The van der Waals surface area contributed by atoms with E-state index in [0.717, 1.165) is 18.4 Å². The Kier molecular flexibility index (Phi) is 4.80. The second-order valence-corrected chi connectivity index (χ2v) is 6.25. The Labute approximate surface area is 111 Å². The van der Waals surface area contributed by atoms with Crippen molar-refractivity contribution in [1.29, 1.82) is 0 Å². The third-order valence-electron chi connectivity index (χ3n) is 4.66. The Hall–Kier alpha value is -0.150. The zero-order valence-corrected chi connectivity index (χ0v) is 11.8. The highest BCUT2D eigenvalue weighted by molar-refractivity contribution is 7.80. The third-order valence-corrected chi connectivity index (χ3v) is 4.83. The van der Waals surface area contributed by atoms with Gasteiger partial charge >= 0.3 is 0 Å². The number of hydrogen-bond donors (Lipinski definition) is 1. The molecule has 1 aliphatic heterocycles. The lowest BCUT2D eigenvalue weighted by molar-refractivity contribution is 0.134. The van der Waals surface area contributed by atoms with Crippen molar-refractivity contribution >= 4 is 17.2 Å². The largest absolute Gasteiger partial charge is 0.393 e. The summed E-state index contributed by atoms with van der Waals surface area (Å²) in [7, 11) is 0. The quantitative estimate of drug-likeness (QED) is 0.765. The van der Waals surface area contributed by atoms with Gasteiger partial charge in [0, 0.05) is 18.5 Å². The minimum Gasteiger partial charge on any atom is -0.393 e. The molecule has 2 rings (SSSR count). The molecule has 0 spiro atoms. The first kappa shape index (κ1) is 13.3. The molecule has 0 aromatic heterocycles. The highest BCUT2D eigenvalue weighted by Gasteiger charge is 2.36. The van der Waals surface area contributed by atoms with E-state index in [9.17, 15) is 0 Å². The molecule has 0 aromatic carbocycles. The summed E-state index contributed by atoms with van der Waals surface area (Å²) in [5.74, 6) is 0.956. The molecule has 2 unspecified atom stereocenters. The van der Waals surface area contributed by atoms with E-state index in [1.807, 2.05) is 0 Å². The number of hydrogen-bond acceptors (Lipinski definition) is 2. The third kappa shape index (κ3) is 3.19. The fourth-order valence-electron chi connectivity index (χ4n) is 3.84. The Morgan fingerprint density at radius 3 is 2.59 bits per heavy atom. The molecule has 2 fully saturated rings. The zero-order chi connectivity index (χ0) is 12.3. The van der Waals surface area contributed by atoms with Crippen LogP contribution in [0.4, 0.5) is 0 Å². The SMILES string of the molecule is CCC(CC(N)=S)N1CCCC1C1CCCC1. The van der Waals surface area contributed by atoms with E-state index < -0.39 is 0 Å². The van der Waals surface area contributed by atoms with E-state index in [0.29, 0.717) is 11.0 Å². The first-order valence-corrected chi connectivity index (χ1v) is 7.67. The molecule has 2 N–H and O–H groups in total. The fraction of sp³-hybridized carbons (Fsp3) is 0.929. The number of nitrogens with two attached hydrogens (primary N) is 1. The van der Waals surface area contributed by atoms with Crippen molar-refractivity contribution in [3.63, 3.8) is 0 Å². The van der Waals surface area contributed by atoms with Gasteiger partial charge in [-0.25, -0.2) is 0 Å². The summed E-state index contributed by atoms with van der Waals surface area (Å²) < 4.78 is 0. The number of likely N-dealkylation sites (tertiary alicyclic amines) is 1. The molecule has 2 nitrogen and oxygen atoms in total. The van der Waals surface area contributed by atoms with Crippen molar-refractivity contribution in [2.75, 3.05) is 6.54 Å². The molecule has 1 saturated heterocycles. The van der Waals surface area contributed by atoms with Crippen LogP contribution in [0.1, 0.15) is 58.3 Å². The summed E-state index contributed by atoms with van der Waals surface area (Å²) in [5.41, 5.74) is 5.74. The zero-order valence-electron chi connectivity index (χ0n) is 11.0. The average molecular weight is 254 g/mol. The summed E-state index contributed by atoms with van der Waals surface area (Å²) in [5, 5.41) is 0. The Balaban J connectivity index is 1.98. The minimum atomic E-state index is 0.598. The molecule has 17 heavy (non-hydrogen) atoms. The number of rotatable bonds is 5. The van der Waals surface area contributed by atoms with E-state index in [4.69, 9.17) is 18.0 Å². The van der Waals surface area contributed by atoms with E-state index in [2.05, 4.69) is 11.8 Å². The predicted molar refractivity (Wildman–Crippen MR) is 77.2 cm³/mol. The Morgan fingerprint density at radius 2 is 2.00 bits per heavy atom. The maximum Gasteiger partial charge on any atom is 0.0743 e. The minimum absolute atomic E-state index is 0.598. The molecular weight excluding hydrogens is 228 g/mol. The predicted octanol–water partition coefficient (Wildman–Crippen LogP) is 3.10. The summed E-state index contributed by atoms with van der Waals surface area (Å²) in [6.07, 6.45) is 10.7. The molecule has 98 valence electrons. The summed E-state index contributed by atoms with van der Waals surface area (Å²) in [6.45, 7) is 3.54. The van der Waals surface area contributed by atoms with Crippen molar-refractivity contribution in [2.45, 2.75) is 70.4 Å². The molecule has 0 amide bonds. The molecular formula is C14H26N2S. The van der Waals surface area contributed by atoms with Gasteiger partial charge in [0.15, 0.2) is 0 Å². The highest BCUT2D eigenvalue weighted by atomic mass is 32.1. The summed E-state index contributed by atoms with van der Waals surface area (Å²) in [4.78, 5) is 3.42. The lowest BCUT2D eigenvalue weighted by Gasteiger charge is -2.35. The number of thiocarbonyl (C=S) groups is 1. The Morgan fingerprint density at radius 1 is 1.29 bits per heavy atom. The van der Waals surface area contributed by atoms with Crippen LogP contribution in [0.25, 0.3) is 0 Å². The van der Waals surface area contributed by atoms with Gasteiger partial charge in [-0.05, 0) is 44.6 Å². The Bertz CT molecular complexity index is 261. The first-order chi connectivity index (χ1) is 8.22. The van der Waals surface area contributed by atoms with Crippen molar-refractivity contribution in [2.24, 2.45) is 11.7 Å². The van der Waals surface area contributed by atoms with Crippen LogP contribution in [0.2, 0.25) is 0 Å². The van der Waals surface area contributed by atoms with Crippen LogP contribution in [0.15, 0.2) is 0 Å². The topological polar surface area (TPSA) is 29.3 Å². The monoisotopic (exact) mass is 254 g/mol. The van der Waals surface area contributed by atoms with Crippen LogP contribution in [0.5, 0.6) is 0 Å². The molecule has 1 aliphatic carbocycles. The van der Waals surface area contributed by atoms with Crippen molar-refractivity contribution in [1.82, 2.24) is 4.90 Å². The van der Waals surface area contributed by atoms with E-state index in [1.165, 1.54) is 51.5 Å². The second kappa shape index (κ2) is 6.14. The highest BCUT2D eigenvalue weighted by Crippen LogP contribution is 2.37. The standard InChI is InChI=1S/C14H26N2S/c1-2-12(10-14(15)17)16-9-5-8-13(16)11-6-3-4-7-11/h11-13H,2-10H2,1H3,(H2,15,17). The number of nitrogens with zero attached hydrogens (tertiary/aromatic N) is 1. The summed E-state index contributed by atoms with van der Waals surface area (Å²) >= 11 is 5.10. The van der Waals surface area contributed by atoms with Crippen LogP contribution < -0.4 is 5.73 Å². The van der Waals surface area contributed by atoms with Gasteiger partial charge in [0.05, 0.1) is 4.99 Å². The van der Waals surface area contributed by atoms with Crippen molar-refractivity contribution in [3.05, 3.63) is 0 Å². The fourth-order valence-corrected chi connectivity index (χ4v) is 4.04. The molecule has 2 atom stereocenters.